The minimum absolute atomic E-state index is 0.163. The van der Waals surface area contributed by atoms with E-state index in [-0.39, 0.29) is 6.10 Å². The van der Waals surface area contributed by atoms with Gasteiger partial charge in [0.25, 0.3) is 0 Å². The van der Waals surface area contributed by atoms with Gasteiger partial charge in [-0.15, -0.1) is 0 Å². The van der Waals surface area contributed by atoms with Gasteiger partial charge >= 0.3 is 0 Å². The van der Waals surface area contributed by atoms with Crippen molar-refractivity contribution in [3.05, 3.63) is 11.7 Å². The van der Waals surface area contributed by atoms with E-state index >= 15 is 0 Å². The summed E-state index contributed by atoms with van der Waals surface area (Å²) >= 11 is 0. The number of hydrogen-bond donors (Lipinski definition) is 1. The molecule has 0 bridgehead atoms. The molecule has 102 valence electrons. The molecule has 2 unspecified atom stereocenters. The summed E-state index contributed by atoms with van der Waals surface area (Å²) in [4.78, 5) is 6.68. The Balaban J connectivity index is 1.84. The lowest BCUT2D eigenvalue weighted by Gasteiger charge is -2.33. The molecule has 18 heavy (non-hydrogen) atoms. The highest BCUT2D eigenvalue weighted by molar-refractivity contribution is 4.88. The number of rotatable bonds is 5. The van der Waals surface area contributed by atoms with Gasteiger partial charge in [-0.1, -0.05) is 25.4 Å². The maximum Gasteiger partial charge on any atom is 0.240 e. The van der Waals surface area contributed by atoms with Crippen LogP contribution in [0, 0.1) is 5.92 Å². The van der Waals surface area contributed by atoms with Crippen molar-refractivity contribution >= 4 is 0 Å². The molecular formula is C13H23N3O2. The summed E-state index contributed by atoms with van der Waals surface area (Å²) in [6.45, 7) is 6.74. The van der Waals surface area contributed by atoms with Crippen molar-refractivity contribution in [1.29, 1.82) is 0 Å². The second-order valence-corrected chi connectivity index (χ2v) is 5.28. The molecule has 2 atom stereocenters. The van der Waals surface area contributed by atoms with Gasteiger partial charge < -0.3 is 9.63 Å². The third kappa shape index (κ3) is 3.53. The van der Waals surface area contributed by atoms with Gasteiger partial charge in [-0.05, 0) is 18.8 Å². The fourth-order valence-corrected chi connectivity index (χ4v) is 2.35. The maximum absolute atomic E-state index is 9.68. The van der Waals surface area contributed by atoms with Crippen LogP contribution in [0.3, 0.4) is 0 Å². The Morgan fingerprint density at radius 2 is 2.33 bits per heavy atom. The number of nitrogens with zero attached hydrogens (tertiary/aromatic N) is 3. The smallest absolute Gasteiger partial charge is 0.240 e. The molecule has 1 aliphatic rings. The molecule has 0 aliphatic carbocycles. The number of aliphatic hydroxyl groups is 1. The number of hydrogen-bond acceptors (Lipinski definition) is 5. The van der Waals surface area contributed by atoms with Crippen LogP contribution in [0.2, 0.25) is 0 Å². The minimum atomic E-state index is -0.163. The number of unbranched alkanes of at least 4 members (excludes halogenated alkanes) is 1. The predicted molar refractivity (Wildman–Crippen MR) is 68.0 cm³/mol. The number of aromatic nitrogens is 2. The fourth-order valence-electron chi connectivity index (χ4n) is 2.35. The van der Waals surface area contributed by atoms with Gasteiger partial charge in [0.1, 0.15) is 0 Å². The minimum Gasteiger partial charge on any atom is -0.393 e. The highest BCUT2D eigenvalue weighted by Crippen LogP contribution is 2.18. The molecule has 0 saturated carbocycles. The highest BCUT2D eigenvalue weighted by atomic mass is 16.5. The Hall–Kier alpha value is -0.940. The van der Waals surface area contributed by atoms with E-state index in [4.69, 9.17) is 4.52 Å². The largest absolute Gasteiger partial charge is 0.393 e. The van der Waals surface area contributed by atoms with Crippen LogP contribution in [0.15, 0.2) is 4.52 Å². The van der Waals surface area contributed by atoms with Crippen molar-refractivity contribution in [1.82, 2.24) is 15.0 Å². The van der Waals surface area contributed by atoms with Crippen molar-refractivity contribution in [2.45, 2.75) is 52.2 Å². The molecule has 2 heterocycles. The Labute approximate surface area is 108 Å². The fraction of sp³-hybridized carbons (Fsp3) is 0.846. The van der Waals surface area contributed by atoms with Crippen LogP contribution in [0.5, 0.6) is 0 Å². The molecule has 0 spiro atoms. The van der Waals surface area contributed by atoms with E-state index in [1.54, 1.807) is 0 Å². The Bertz CT molecular complexity index is 367. The van der Waals surface area contributed by atoms with Gasteiger partial charge in [0, 0.05) is 19.5 Å². The van der Waals surface area contributed by atoms with E-state index in [0.717, 1.165) is 44.6 Å². The van der Waals surface area contributed by atoms with Crippen LogP contribution in [-0.4, -0.2) is 39.3 Å². The van der Waals surface area contributed by atoms with Gasteiger partial charge in [-0.3, -0.25) is 4.90 Å². The summed E-state index contributed by atoms with van der Waals surface area (Å²) in [6, 6.07) is 0. The average molecular weight is 253 g/mol. The van der Waals surface area contributed by atoms with Crippen molar-refractivity contribution in [3.63, 3.8) is 0 Å². The monoisotopic (exact) mass is 253 g/mol. The van der Waals surface area contributed by atoms with Crippen molar-refractivity contribution < 1.29 is 9.63 Å². The van der Waals surface area contributed by atoms with Crippen LogP contribution in [0.25, 0.3) is 0 Å². The van der Waals surface area contributed by atoms with E-state index in [1.807, 2.05) is 0 Å². The van der Waals surface area contributed by atoms with Gasteiger partial charge in [0.15, 0.2) is 5.82 Å². The second kappa shape index (κ2) is 6.29. The SMILES string of the molecule is CCCCc1noc(CN2CCC(O)C(C)C2)n1. The molecule has 1 N–H and O–H groups in total. The van der Waals surface area contributed by atoms with E-state index in [0.29, 0.717) is 18.4 Å². The van der Waals surface area contributed by atoms with Crippen molar-refractivity contribution in [3.8, 4) is 0 Å². The van der Waals surface area contributed by atoms with E-state index in [1.165, 1.54) is 0 Å². The molecule has 1 fully saturated rings. The summed E-state index contributed by atoms with van der Waals surface area (Å²) in [7, 11) is 0. The van der Waals surface area contributed by atoms with Crippen molar-refractivity contribution in [2.24, 2.45) is 5.92 Å². The lowest BCUT2D eigenvalue weighted by atomic mass is 9.97. The molecular weight excluding hydrogens is 230 g/mol. The number of aliphatic hydroxyl groups excluding tert-OH is 1. The molecule has 5 nitrogen and oxygen atoms in total. The molecule has 0 amide bonds. The Kier molecular flexibility index (Phi) is 4.72. The quantitative estimate of drug-likeness (QED) is 0.864. The van der Waals surface area contributed by atoms with Crippen LogP contribution >= 0.6 is 0 Å². The molecule has 1 aromatic rings. The van der Waals surface area contributed by atoms with Crippen LogP contribution < -0.4 is 0 Å². The first-order valence-electron chi connectivity index (χ1n) is 6.91. The zero-order chi connectivity index (χ0) is 13.0. The molecule has 2 rings (SSSR count). The normalized spacial score (nSPS) is 25.5. The zero-order valence-corrected chi connectivity index (χ0v) is 11.3. The summed E-state index contributed by atoms with van der Waals surface area (Å²) in [5.41, 5.74) is 0. The molecule has 1 aliphatic heterocycles. The maximum atomic E-state index is 9.68. The highest BCUT2D eigenvalue weighted by Gasteiger charge is 2.25. The van der Waals surface area contributed by atoms with Gasteiger partial charge in [0.2, 0.25) is 5.89 Å². The summed E-state index contributed by atoms with van der Waals surface area (Å²) in [5, 5.41) is 13.7. The van der Waals surface area contributed by atoms with Crippen molar-refractivity contribution in [2.75, 3.05) is 13.1 Å². The van der Waals surface area contributed by atoms with Gasteiger partial charge in [-0.25, -0.2) is 0 Å². The molecule has 1 saturated heterocycles. The second-order valence-electron chi connectivity index (χ2n) is 5.28. The molecule has 5 heteroatoms. The lowest BCUT2D eigenvalue weighted by molar-refractivity contribution is 0.0282. The summed E-state index contributed by atoms with van der Waals surface area (Å²) < 4.78 is 5.26. The first-order chi connectivity index (χ1) is 8.69. The average Bonchev–Trinajstić information content (AvgIpc) is 2.79. The summed E-state index contributed by atoms with van der Waals surface area (Å²) in [6.07, 6.45) is 3.81. The number of piperidine rings is 1. The molecule has 0 aromatic carbocycles. The third-order valence-electron chi connectivity index (χ3n) is 3.57. The first kappa shape index (κ1) is 13.5. The summed E-state index contributed by atoms with van der Waals surface area (Å²) in [5.74, 6) is 1.84. The molecule has 1 aromatic heterocycles. The van der Waals surface area contributed by atoms with Crippen LogP contribution in [0.4, 0.5) is 0 Å². The third-order valence-corrected chi connectivity index (χ3v) is 3.57. The number of likely N-dealkylation sites (tertiary alicyclic amines) is 1. The van der Waals surface area contributed by atoms with Gasteiger partial charge in [-0.2, -0.15) is 4.98 Å². The predicted octanol–water partition coefficient (Wildman–Crippen LogP) is 1.61. The van der Waals surface area contributed by atoms with E-state index in [9.17, 15) is 5.11 Å². The topological polar surface area (TPSA) is 62.4 Å². The lowest BCUT2D eigenvalue weighted by Crippen LogP contribution is -2.41. The van der Waals surface area contributed by atoms with Crippen LogP contribution in [-0.2, 0) is 13.0 Å². The first-order valence-corrected chi connectivity index (χ1v) is 6.91. The zero-order valence-electron chi connectivity index (χ0n) is 11.3. The van der Waals surface area contributed by atoms with E-state index < -0.39 is 0 Å². The van der Waals surface area contributed by atoms with Crippen LogP contribution in [0.1, 0.15) is 44.8 Å². The van der Waals surface area contributed by atoms with E-state index in [2.05, 4.69) is 28.9 Å². The Morgan fingerprint density at radius 1 is 1.50 bits per heavy atom. The van der Waals surface area contributed by atoms with Gasteiger partial charge in [0.05, 0.1) is 12.6 Å². The molecule has 0 radical (unpaired) electrons. The standard InChI is InChI=1S/C13H23N3O2/c1-3-4-5-12-14-13(18-15-12)9-16-7-6-11(17)10(2)8-16/h10-11,17H,3-9H2,1-2H3. The number of aryl methyl sites for hydroxylation is 1. The Morgan fingerprint density at radius 3 is 3.06 bits per heavy atom.